The molecule has 0 radical (unpaired) electrons. The van der Waals surface area contributed by atoms with Gasteiger partial charge in [0.05, 0.1) is 12.3 Å². The lowest BCUT2D eigenvalue weighted by Gasteiger charge is -2.17. The van der Waals surface area contributed by atoms with Crippen molar-refractivity contribution in [2.75, 3.05) is 19.7 Å². The number of aromatic nitrogens is 1. The number of aryl methyl sites for hydroxylation is 1. The molecule has 0 aliphatic rings. The third-order valence-corrected chi connectivity index (χ3v) is 2.02. The summed E-state index contributed by atoms with van der Waals surface area (Å²) in [5.41, 5.74) is 0.917. The van der Waals surface area contributed by atoms with E-state index in [2.05, 4.69) is 16.5 Å². The van der Waals surface area contributed by atoms with Crippen LogP contribution in [0.2, 0.25) is 0 Å². The molecular weight excluding hydrogens is 180 g/mol. The zero-order valence-electron chi connectivity index (χ0n) is 8.44. The number of rotatable bonds is 6. The summed E-state index contributed by atoms with van der Waals surface area (Å²) in [6, 6.07) is 0. The molecule has 1 N–H and O–H groups in total. The highest BCUT2D eigenvalue weighted by Gasteiger charge is 2.08. The molecule has 1 aromatic rings. The minimum atomic E-state index is 0.144. The summed E-state index contributed by atoms with van der Waals surface area (Å²) in [7, 11) is 0. The predicted molar refractivity (Wildman–Crippen MR) is 53.8 cm³/mol. The summed E-state index contributed by atoms with van der Waals surface area (Å²) in [6.07, 6.45) is 3.25. The lowest BCUT2D eigenvalue weighted by Crippen LogP contribution is -2.27. The van der Waals surface area contributed by atoms with Gasteiger partial charge in [-0.3, -0.25) is 4.90 Å². The standard InChI is InChI=1S/C10H16N2O2/c1-3-4-12(5-6-13)7-10-9(2)14-8-11-10/h3,8,13H,1,4-7H2,2H3. The Morgan fingerprint density at radius 3 is 3.00 bits per heavy atom. The van der Waals surface area contributed by atoms with E-state index in [9.17, 15) is 0 Å². The third-order valence-electron chi connectivity index (χ3n) is 2.02. The van der Waals surface area contributed by atoms with Crippen LogP contribution in [0.4, 0.5) is 0 Å². The van der Waals surface area contributed by atoms with Crippen LogP contribution in [0, 0.1) is 6.92 Å². The first-order valence-electron chi connectivity index (χ1n) is 4.61. The lowest BCUT2D eigenvalue weighted by molar-refractivity contribution is 0.201. The van der Waals surface area contributed by atoms with Crippen LogP contribution in [0.1, 0.15) is 11.5 Å². The van der Waals surface area contributed by atoms with Gasteiger partial charge in [0.2, 0.25) is 0 Å². The minimum Gasteiger partial charge on any atom is -0.448 e. The van der Waals surface area contributed by atoms with Crippen LogP contribution in [0.15, 0.2) is 23.5 Å². The maximum atomic E-state index is 8.84. The Labute approximate surface area is 83.9 Å². The smallest absolute Gasteiger partial charge is 0.181 e. The summed E-state index contributed by atoms with van der Waals surface area (Å²) >= 11 is 0. The Bertz CT molecular complexity index is 283. The summed E-state index contributed by atoms with van der Waals surface area (Å²) in [6.45, 7) is 7.75. The zero-order chi connectivity index (χ0) is 10.4. The first kappa shape index (κ1) is 10.9. The second kappa shape index (κ2) is 5.57. The van der Waals surface area contributed by atoms with Crippen LogP contribution in [-0.4, -0.2) is 34.7 Å². The van der Waals surface area contributed by atoms with Gasteiger partial charge in [-0.15, -0.1) is 6.58 Å². The van der Waals surface area contributed by atoms with Gasteiger partial charge in [0.1, 0.15) is 5.76 Å². The van der Waals surface area contributed by atoms with Gasteiger partial charge in [-0.1, -0.05) is 6.08 Å². The molecular formula is C10H16N2O2. The van der Waals surface area contributed by atoms with E-state index in [4.69, 9.17) is 9.52 Å². The predicted octanol–water partition coefficient (Wildman–Crippen LogP) is 0.963. The molecule has 0 unspecified atom stereocenters. The molecule has 78 valence electrons. The number of aliphatic hydroxyl groups is 1. The molecule has 1 aromatic heterocycles. The van der Waals surface area contributed by atoms with E-state index in [-0.39, 0.29) is 6.61 Å². The molecule has 1 heterocycles. The molecule has 4 nitrogen and oxygen atoms in total. The van der Waals surface area contributed by atoms with Crippen molar-refractivity contribution in [2.45, 2.75) is 13.5 Å². The molecule has 0 spiro atoms. The average Bonchev–Trinajstić information content (AvgIpc) is 2.53. The van der Waals surface area contributed by atoms with Gasteiger partial charge in [0, 0.05) is 19.6 Å². The maximum absolute atomic E-state index is 8.84. The Morgan fingerprint density at radius 1 is 1.71 bits per heavy atom. The van der Waals surface area contributed by atoms with Gasteiger partial charge in [0.25, 0.3) is 0 Å². The van der Waals surface area contributed by atoms with Crippen molar-refractivity contribution in [2.24, 2.45) is 0 Å². The molecule has 0 bridgehead atoms. The largest absolute Gasteiger partial charge is 0.448 e. The van der Waals surface area contributed by atoms with Gasteiger partial charge in [-0.2, -0.15) is 0 Å². The van der Waals surface area contributed by atoms with Gasteiger partial charge < -0.3 is 9.52 Å². The molecule has 0 saturated heterocycles. The van der Waals surface area contributed by atoms with Crippen molar-refractivity contribution in [3.8, 4) is 0 Å². The molecule has 0 aliphatic carbocycles. The van der Waals surface area contributed by atoms with Crippen molar-refractivity contribution in [3.63, 3.8) is 0 Å². The number of aliphatic hydroxyl groups excluding tert-OH is 1. The molecule has 14 heavy (non-hydrogen) atoms. The second-order valence-electron chi connectivity index (χ2n) is 3.10. The highest BCUT2D eigenvalue weighted by atomic mass is 16.3. The van der Waals surface area contributed by atoms with E-state index in [0.29, 0.717) is 13.1 Å². The van der Waals surface area contributed by atoms with E-state index in [1.165, 1.54) is 6.39 Å². The molecule has 1 rings (SSSR count). The van der Waals surface area contributed by atoms with Crippen LogP contribution >= 0.6 is 0 Å². The highest BCUT2D eigenvalue weighted by Crippen LogP contribution is 2.07. The Balaban J connectivity index is 2.54. The Hall–Kier alpha value is -1.13. The lowest BCUT2D eigenvalue weighted by atomic mass is 10.3. The van der Waals surface area contributed by atoms with Gasteiger partial charge in [-0.25, -0.2) is 4.98 Å². The van der Waals surface area contributed by atoms with Crippen molar-refractivity contribution in [3.05, 3.63) is 30.5 Å². The highest BCUT2D eigenvalue weighted by molar-refractivity contribution is 5.04. The minimum absolute atomic E-state index is 0.144. The second-order valence-corrected chi connectivity index (χ2v) is 3.10. The number of hydrogen-bond acceptors (Lipinski definition) is 4. The first-order chi connectivity index (χ1) is 6.77. The van der Waals surface area contributed by atoms with Crippen LogP contribution in [0.3, 0.4) is 0 Å². The zero-order valence-corrected chi connectivity index (χ0v) is 8.44. The molecule has 0 saturated carbocycles. The van der Waals surface area contributed by atoms with E-state index < -0.39 is 0 Å². The maximum Gasteiger partial charge on any atom is 0.181 e. The molecule has 0 aliphatic heterocycles. The monoisotopic (exact) mass is 196 g/mol. The fraction of sp³-hybridized carbons (Fsp3) is 0.500. The van der Waals surface area contributed by atoms with E-state index in [1.54, 1.807) is 0 Å². The van der Waals surface area contributed by atoms with Crippen molar-refractivity contribution in [1.29, 1.82) is 0 Å². The molecule has 0 atom stereocenters. The molecule has 0 fully saturated rings. The van der Waals surface area contributed by atoms with E-state index >= 15 is 0 Å². The fourth-order valence-electron chi connectivity index (χ4n) is 1.25. The fourth-order valence-corrected chi connectivity index (χ4v) is 1.25. The van der Waals surface area contributed by atoms with Crippen LogP contribution in [0.25, 0.3) is 0 Å². The Kier molecular flexibility index (Phi) is 4.35. The molecule has 0 aromatic carbocycles. The van der Waals surface area contributed by atoms with Gasteiger partial charge >= 0.3 is 0 Å². The molecule has 0 amide bonds. The third kappa shape index (κ3) is 2.97. The van der Waals surface area contributed by atoms with Crippen molar-refractivity contribution < 1.29 is 9.52 Å². The summed E-state index contributed by atoms with van der Waals surface area (Å²) in [5, 5.41) is 8.84. The molecule has 4 heteroatoms. The van der Waals surface area contributed by atoms with Crippen LogP contribution in [0.5, 0.6) is 0 Å². The van der Waals surface area contributed by atoms with Crippen LogP contribution in [-0.2, 0) is 6.54 Å². The quantitative estimate of drug-likeness (QED) is 0.688. The summed E-state index contributed by atoms with van der Waals surface area (Å²) < 4.78 is 5.10. The van der Waals surface area contributed by atoms with E-state index in [0.717, 1.165) is 18.0 Å². The summed E-state index contributed by atoms with van der Waals surface area (Å²) in [4.78, 5) is 6.15. The van der Waals surface area contributed by atoms with Gasteiger partial charge in [-0.05, 0) is 6.92 Å². The number of hydrogen-bond donors (Lipinski definition) is 1. The van der Waals surface area contributed by atoms with Crippen molar-refractivity contribution >= 4 is 0 Å². The topological polar surface area (TPSA) is 49.5 Å². The van der Waals surface area contributed by atoms with E-state index in [1.807, 2.05) is 13.0 Å². The van der Waals surface area contributed by atoms with Crippen molar-refractivity contribution in [1.82, 2.24) is 9.88 Å². The average molecular weight is 196 g/mol. The number of oxazole rings is 1. The van der Waals surface area contributed by atoms with Crippen LogP contribution < -0.4 is 0 Å². The number of nitrogens with zero attached hydrogens (tertiary/aromatic N) is 2. The normalized spacial score (nSPS) is 10.8. The van der Waals surface area contributed by atoms with Gasteiger partial charge in [0.15, 0.2) is 6.39 Å². The first-order valence-corrected chi connectivity index (χ1v) is 4.61. The SMILES string of the molecule is C=CCN(CCO)Cc1ncoc1C. The Morgan fingerprint density at radius 2 is 2.50 bits per heavy atom. The summed E-state index contributed by atoms with van der Waals surface area (Å²) in [5.74, 6) is 0.831.